The van der Waals surface area contributed by atoms with Crippen molar-refractivity contribution >= 4 is 5.78 Å². The minimum Gasteiger partial charge on any atom is -0.303 e. The van der Waals surface area contributed by atoms with Crippen LogP contribution >= 0.6 is 0 Å². The Morgan fingerprint density at radius 2 is 1.94 bits per heavy atom. The molecule has 0 N–H and O–H groups in total. The number of benzene rings is 1. The van der Waals surface area contributed by atoms with Crippen molar-refractivity contribution in [3.05, 3.63) is 35.4 Å². The van der Waals surface area contributed by atoms with Gasteiger partial charge in [0.25, 0.3) is 0 Å². The highest BCUT2D eigenvalue weighted by Crippen LogP contribution is 2.10. The van der Waals surface area contributed by atoms with Gasteiger partial charge in [-0.05, 0) is 24.9 Å². The number of ketones is 1. The van der Waals surface area contributed by atoms with Crippen LogP contribution in [0.3, 0.4) is 0 Å². The van der Waals surface area contributed by atoms with Gasteiger partial charge in [0.1, 0.15) is 0 Å². The van der Waals surface area contributed by atoms with Gasteiger partial charge < -0.3 is 4.90 Å². The molecular formula is C16H25NO. The Hall–Kier alpha value is -1.15. The maximum Gasteiger partial charge on any atom is 0.164 e. The van der Waals surface area contributed by atoms with Crippen molar-refractivity contribution < 1.29 is 4.79 Å². The minimum atomic E-state index is 0.260. The van der Waals surface area contributed by atoms with Crippen LogP contribution in [0.2, 0.25) is 0 Å². The predicted molar refractivity (Wildman–Crippen MR) is 77.1 cm³/mol. The minimum absolute atomic E-state index is 0.260. The number of carbonyl (C=O) groups excluding carboxylic acids is 1. The first-order valence-electron chi connectivity index (χ1n) is 6.85. The molecule has 18 heavy (non-hydrogen) atoms. The molecule has 2 nitrogen and oxygen atoms in total. The Morgan fingerprint density at radius 1 is 1.28 bits per heavy atom. The predicted octanol–water partition coefficient (Wildman–Crippen LogP) is 3.55. The molecule has 0 heterocycles. The standard InChI is InChI=1S/C16H25NO/c1-5-17(12-13(2)3)11-10-16(18)15-9-7-6-8-14(15)4/h6-9,13H,5,10-12H2,1-4H3. The van der Waals surface area contributed by atoms with Crippen LogP contribution in [-0.2, 0) is 0 Å². The number of carbonyl (C=O) groups is 1. The van der Waals surface area contributed by atoms with Crippen molar-refractivity contribution in [1.29, 1.82) is 0 Å². The molecule has 1 aromatic carbocycles. The Labute approximate surface area is 111 Å². The summed E-state index contributed by atoms with van der Waals surface area (Å²) in [4.78, 5) is 14.5. The number of nitrogens with zero attached hydrogens (tertiary/aromatic N) is 1. The van der Waals surface area contributed by atoms with Gasteiger partial charge in [0.05, 0.1) is 0 Å². The third-order valence-electron chi connectivity index (χ3n) is 3.17. The number of Topliss-reactive ketones (excluding diaryl/α,β-unsaturated/α-hetero) is 1. The summed E-state index contributed by atoms with van der Waals surface area (Å²) in [6.07, 6.45) is 0.616. The molecule has 1 rings (SSSR count). The van der Waals surface area contributed by atoms with Crippen molar-refractivity contribution in [3.63, 3.8) is 0 Å². The summed E-state index contributed by atoms with van der Waals surface area (Å²) in [6, 6.07) is 7.84. The average molecular weight is 247 g/mol. The molecule has 0 aliphatic rings. The first kappa shape index (κ1) is 14.9. The molecule has 0 fully saturated rings. The molecule has 0 bridgehead atoms. The molecule has 0 atom stereocenters. The summed E-state index contributed by atoms with van der Waals surface area (Å²) in [5, 5.41) is 0. The van der Waals surface area contributed by atoms with Gasteiger partial charge in [-0.2, -0.15) is 0 Å². The molecule has 1 aromatic rings. The molecule has 100 valence electrons. The van der Waals surface area contributed by atoms with E-state index in [-0.39, 0.29) is 5.78 Å². The second-order valence-corrected chi connectivity index (χ2v) is 5.28. The van der Waals surface area contributed by atoms with E-state index in [1.165, 1.54) is 0 Å². The highest BCUT2D eigenvalue weighted by atomic mass is 16.1. The lowest BCUT2D eigenvalue weighted by Crippen LogP contribution is -2.30. The van der Waals surface area contributed by atoms with E-state index in [0.29, 0.717) is 12.3 Å². The Kier molecular flexibility index (Phi) is 6.06. The van der Waals surface area contributed by atoms with E-state index in [1.54, 1.807) is 0 Å². The average Bonchev–Trinajstić information content (AvgIpc) is 2.34. The first-order valence-corrected chi connectivity index (χ1v) is 6.85. The lowest BCUT2D eigenvalue weighted by Gasteiger charge is -2.22. The van der Waals surface area contributed by atoms with Crippen molar-refractivity contribution in [2.75, 3.05) is 19.6 Å². The Balaban J connectivity index is 2.53. The third kappa shape index (κ3) is 4.61. The summed E-state index contributed by atoms with van der Waals surface area (Å²) in [7, 11) is 0. The topological polar surface area (TPSA) is 20.3 Å². The van der Waals surface area contributed by atoms with Crippen LogP contribution in [0.25, 0.3) is 0 Å². The normalized spacial score (nSPS) is 11.2. The molecular weight excluding hydrogens is 222 g/mol. The fourth-order valence-corrected chi connectivity index (χ4v) is 2.17. The van der Waals surface area contributed by atoms with E-state index in [0.717, 1.165) is 30.8 Å². The molecule has 0 spiro atoms. The van der Waals surface area contributed by atoms with Crippen LogP contribution in [0.1, 0.15) is 43.1 Å². The molecule has 0 aliphatic heterocycles. The van der Waals surface area contributed by atoms with E-state index in [2.05, 4.69) is 25.7 Å². The highest BCUT2D eigenvalue weighted by Gasteiger charge is 2.11. The largest absolute Gasteiger partial charge is 0.303 e. The van der Waals surface area contributed by atoms with Crippen LogP contribution in [0.4, 0.5) is 0 Å². The lowest BCUT2D eigenvalue weighted by atomic mass is 10.0. The maximum atomic E-state index is 12.1. The van der Waals surface area contributed by atoms with Gasteiger partial charge in [0, 0.05) is 25.1 Å². The third-order valence-corrected chi connectivity index (χ3v) is 3.17. The molecule has 0 unspecified atom stereocenters. The second kappa shape index (κ2) is 7.32. The van der Waals surface area contributed by atoms with Crippen molar-refractivity contribution in [2.45, 2.75) is 34.1 Å². The molecule has 0 aliphatic carbocycles. The SMILES string of the molecule is CCN(CCC(=O)c1ccccc1C)CC(C)C. The fraction of sp³-hybridized carbons (Fsp3) is 0.562. The van der Waals surface area contributed by atoms with E-state index in [9.17, 15) is 4.79 Å². The monoisotopic (exact) mass is 247 g/mol. The lowest BCUT2D eigenvalue weighted by molar-refractivity contribution is 0.0961. The number of hydrogen-bond acceptors (Lipinski definition) is 2. The van der Waals surface area contributed by atoms with E-state index >= 15 is 0 Å². The van der Waals surface area contributed by atoms with Crippen molar-refractivity contribution in [3.8, 4) is 0 Å². The summed E-state index contributed by atoms with van der Waals surface area (Å²) in [5.41, 5.74) is 1.95. The van der Waals surface area contributed by atoms with Gasteiger partial charge in [0.15, 0.2) is 5.78 Å². The van der Waals surface area contributed by atoms with Crippen molar-refractivity contribution in [2.24, 2.45) is 5.92 Å². The summed E-state index contributed by atoms with van der Waals surface area (Å²) >= 11 is 0. The van der Waals surface area contributed by atoms with Crippen molar-refractivity contribution in [1.82, 2.24) is 4.90 Å². The zero-order valence-electron chi connectivity index (χ0n) is 12.1. The fourth-order valence-electron chi connectivity index (χ4n) is 2.17. The van der Waals surface area contributed by atoms with Gasteiger partial charge in [0.2, 0.25) is 0 Å². The number of hydrogen-bond donors (Lipinski definition) is 0. The number of rotatable bonds is 7. The van der Waals surface area contributed by atoms with Crippen LogP contribution < -0.4 is 0 Å². The second-order valence-electron chi connectivity index (χ2n) is 5.28. The van der Waals surface area contributed by atoms with Gasteiger partial charge in [-0.15, -0.1) is 0 Å². The van der Waals surface area contributed by atoms with E-state index in [1.807, 2.05) is 31.2 Å². The first-order chi connectivity index (χ1) is 8.54. The summed E-state index contributed by atoms with van der Waals surface area (Å²) in [5.74, 6) is 0.911. The van der Waals surface area contributed by atoms with Gasteiger partial charge in [-0.25, -0.2) is 0 Å². The Morgan fingerprint density at radius 3 is 2.50 bits per heavy atom. The smallest absolute Gasteiger partial charge is 0.164 e. The van der Waals surface area contributed by atoms with E-state index < -0.39 is 0 Å². The van der Waals surface area contributed by atoms with Crippen LogP contribution in [-0.4, -0.2) is 30.3 Å². The van der Waals surface area contributed by atoms with Crippen LogP contribution in [0.5, 0.6) is 0 Å². The van der Waals surface area contributed by atoms with Crippen LogP contribution in [0, 0.1) is 12.8 Å². The van der Waals surface area contributed by atoms with Gasteiger partial charge in [-0.3, -0.25) is 4.79 Å². The molecule has 0 aromatic heterocycles. The summed E-state index contributed by atoms with van der Waals surface area (Å²) in [6.45, 7) is 11.5. The zero-order valence-corrected chi connectivity index (χ0v) is 12.1. The molecule has 0 radical (unpaired) electrons. The zero-order chi connectivity index (χ0) is 13.5. The highest BCUT2D eigenvalue weighted by molar-refractivity contribution is 5.97. The molecule has 0 saturated carbocycles. The molecule has 2 heteroatoms. The van der Waals surface area contributed by atoms with Crippen LogP contribution in [0.15, 0.2) is 24.3 Å². The molecule has 0 saturated heterocycles. The molecule has 0 amide bonds. The van der Waals surface area contributed by atoms with Gasteiger partial charge >= 0.3 is 0 Å². The number of aryl methyl sites for hydroxylation is 1. The quantitative estimate of drug-likeness (QED) is 0.687. The Bertz CT molecular complexity index is 384. The van der Waals surface area contributed by atoms with Gasteiger partial charge in [-0.1, -0.05) is 45.0 Å². The van der Waals surface area contributed by atoms with E-state index in [4.69, 9.17) is 0 Å². The maximum absolute atomic E-state index is 12.1. The summed E-state index contributed by atoms with van der Waals surface area (Å²) < 4.78 is 0.